The topological polar surface area (TPSA) is 32.3 Å². The molecule has 0 aliphatic carbocycles. The van der Waals surface area contributed by atoms with Crippen molar-refractivity contribution in [2.45, 2.75) is 58.0 Å². The number of halogens is 1. The van der Waals surface area contributed by atoms with E-state index in [9.17, 15) is 4.79 Å². The minimum absolute atomic E-state index is 0. The van der Waals surface area contributed by atoms with Crippen molar-refractivity contribution >= 4 is 18.3 Å². The highest BCUT2D eigenvalue weighted by atomic mass is 35.5. The molecule has 0 radical (unpaired) electrons. The third kappa shape index (κ3) is 4.14. The fourth-order valence-corrected chi connectivity index (χ4v) is 2.74. The summed E-state index contributed by atoms with van der Waals surface area (Å²) >= 11 is 0. The lowest BCUT2D eigenvalue weighted by Gasteiger charge is -2.24. The predicted molar refractivity (Wildman–Crippen MR) is 72.5 cm³/mol. The number of hydrogen-bond acceptors (Lipinski definition) is 2. The summed E-state index contributed by atoms with van der Waals surface area (Å²) in [6.45, 7) is 6.26. The molecule has 0 spiro atoms. The first kappa shape index (κ1) is 14.8. The summed E-state index contributed by atoms with van der Waals surface area (Å²) in [5.41, 5.74) is 0. The fourth-order valence-electron chi connectivity index (χ4n) is 2.74. The number of amides is 1. The summed E-state index contributed by atoms with van der Waals surface area (Å²) < 4.78 is 0. The summed E-state index contributed by atoms with van der Waals surface area (Å²) in [5, 5.41) is 3.61. The Labute approximate surface area is 111 Å². The summed E-state index contributed by atoms with van der Waals surface area (Å²) in [6.07, 6.45) is 5.45. The molecule has 2 unspecified atom stereocenters. The third-order valence-corrected chi connectivity index (χ3v) is 3.81. The summed E-state index contributed by atoms with van der Waals surface area (Å²) in [5.74, 6) is 0.994. The van der Waals surface area contributed by atoms with Crippen LogP contribution in [0.2, 0.25) is 0 Å². The molecule has 2 fully saturated rings. The van der Waals surface area contributed by atoms with E-state index in [1.54, 1.807) is 0 Å². The maximum atomic E-state index is 12.0. The van der Waals surface area contributed by atoms with Gasteiger partial charge in [-0.25, -0.2) is 0 Å². The van der Waals surface area contributed by atoms with Gasteiger partial charge in [0.05, 0.1) is 0 Å². The highest BCUT2D eigenvalue weighted by molar-refractivity contribution is 5.85. The molecule has 2 saturated heterocycles. The van der Waals surface area contributed by atoms with Crippen LogP contribution in [0.15, 0.2) is 0 Å². The number of rotatable bonds is 3. The lowest BCUT2D eigenvalue weighted by Crippen LogP contribution is -2.39. The van der Waals surface area contributed by atoms with Gasteiger partial charge in [-0.1, -0.05) is 13.8 Å². The molecule has 0 aromatic heterocycles. The van der Waals surface area contributed by atoms with Crippen molar-refractivity contribution in [3.05, 3.63) is 0 Å². The summed E-state index contributed by atoms with van der Waals surface area (Å²) in [7, 11) is 0. The van der Waals surface area contributed by atoms with Crippen LogP contribution >= 0.6 is 12.4 Å². The Morgan fingerprint density at radius 3 is 2.71 bits per heavy atom. The molecule has 1 N–H and O–H groups in total. The zero-order valence-corrected chi connectivity index (χ0v) is 11.8. The second-order valence-electron chi connectivity index (χ2n) is 5.70. The molecular weight excluding hydrogens is 236 g/mol. The number of fused-ring (bicyclic) bond motifs is 2. The largest absolute Gasteiger partial charge is 0.341 e. The molecule has 3 nitrogen and oxygen atoms in total. The van der Waals surface area contributed by atoms with Crippen LogP contribution in [0.5, 0.6) is 0 Å². The van der Waals surface area contributed by atoms with E-state index in [0.29, 0.717) is 23.9 Å². The van der Waals surface area contributed by atoms with Gasteiger partial charge in [-0.15, -0.1) is 12.4 Å². The van der Waals surface area contributed by atoms with Gasteiger partial charge in [0.25, 0.3) is 0 Å². The van der Waals surface area contributed by atoms with Crippen molar-refractivity contribution in [2.24, 2.45) is 5.92 Å². The van der Waals surface area contributed by atoms with Crippen molar-refractivity contribution in [1.29, 1.82) is 0 Å². The van der Waals surface area contributed by atoms with Gasteiger partial charge in [0.2, 0.25) is 5.91 Å². The standard InChI is InChI=1S/C13H24N2O.ClH/c1-10(2)3-6-13(16)15-8-7-11-4-5-12(9-15)14-11;/h10-12,14H,3-9H2,1-2H3;1H. The Balaban J connectivity index is 0.00000144. The first-order chi connectivity index (χ1) is 7.65. The zero-order valence-electron chi connectivity index (χ0n) is 10.9. The lowest BCUT2D eigenvalue weighted by molar-refractivity contribution is -0.131. The summed E-state index contributed by atoms with van der Waals surface area (Å²) in [4.78, 5) is 14.1. The lowest BCUT2D eigenvalue weighted by atomic mass is 10.1. The Bertz CT molecular complexity index is 258. The van der Waals surface area contributed by atoms with E-state index in [1.165, 1.54) is 12.8 Å². The third-order valence-electron chi connectivity index (χ3n) is 3.81. The van der Waals surface area contributed by atoms with E-state index in [2.05, 4.69) is 24.1 Å². The van der Waals surface area contributed by atoms with Crippen LogP contribution in [0.3, 0.4) is 0 Å². The first-order valence-corrected chi connectivity index (χ1v) is 6.69. The van der Waals surface area contributed by atoms with Crippen molar-refractivity contribution < 1.29 is 4.79 Å². The van der Waals surface area contributed by atoms with E-state index in [4.69, 9.17) is 0 Å². The van der Waals surface area contributed by atoms with Crippen LogP contribution < -0.4 is 5.32 Å². The Morgan fingerprint density at radius 1 is 1.29 bits per heavy atom. The fraction of sp³-hybridized carbons (Fsp3) is 0.923. The maximum Gasteiger partial charge on any atom is 0.222 e. The number of hydrogen-bond donors (Lipinski definition) is 1. The molecule has 2 rings (SSSR count). The van der Waals surface area contributed by atoms with E-state index in [-0.39, 0.29) is 12.4 Å². The molecule has 2 bridgehead atoms. The molecule has 100 valence electrons. The molecule has 0 saturated carbocycles. The molecular formula is C13H25ClN2O. The van der Waals surface area contributed by atoms with E-state index < -0.39 is 0 Å². The first-order valence-electron chi connectivity index (χ1n) is 6.69. The maximum absolute atomic E-state index is 12.0. The minimum atomic E-state index is 0. The van der Waals surface area contributed by atoms with Crippen LogP contribution in [0.1, 0.15) is 46.0 Å². The van der Waals surface area contributed by atoms with Gasteiger partial charge >= 0.3 is 0 Å². The number of nitrogens with one attached hydrogen (secondary N) is 1. The normalized spacial score (nSPS) is 27.8. The van der Waals surface area contributed by atoms with Crippen LogP contribution in [0.4, 0.5) is 0 Å². The Morgan fingerprint density at radius 2 is 2.00 bits per heavy atom. The SMILES string of the molecule is CC(C)CCC(=O)N1CCC2CCC(C1)N2.Cl. The predicted octanol–water partition coefficient (Wildman–Crippen LogP) is 2.20. The number of likely N-dealkylation sites (tertiary alicyclic amines) is 1. The number of carbonyl (C=O) groups excluding carboxylic acids is 1. The summed E-state index contributed by atoms with van der Waals surface area (Å²) in [6, 6.07) is 1.24. The molecule has 2 aliphatic heterocycles. The molecule has 2 atom stereocenters. The van der Waals surface area contributed by atoms with Crippen LogP contribution in [0, 0.1) is 5.92 Å². The average molecular weight is 261 g/mol. The smallest absolute Gasteiger partial charge is 0.222 e. The average Bonchev–Trinajstić information content (AvgIpc) is 2.55. The van der Waals surface area contributed by atoms with Crippen molar-refractivity contribution in [3.63, 3.8) is 0 Å². The molecule has 17 heavy (non-hydrogen) atoms. The minimum Gasteiger partial charge on any atom is -0.341 e. The monoisotopic (exact) mass is 260 g/mol. The van der Waals surface area contributed by atoms with E-state index in [0.717, 1.165) is 32.4 Å². The second-order valence-corrected chi connectivity index (χ2v) is 5.70. The molecule has 0 aromatic rings. The second kappa shape index (κ2) is 6.60. The van der Waals surface area contributed by atoms with Crippen LogP contribution in [-0.2, 0) is 4.79 Å². The Hall–Kier alpha value is -0.280. The van der Waals surface area contributed by atoms with Gasteiger partial charge in [0.1, 0.15) is 0 Å². The highest BCUT2D eigenvalue weighted by Crippen LogP contribution is 2.21. The quantitative estimate of drug-likeness (QED) is 0.844. The van der Waals surface area contributed by atoms with Crippen molar-refractivity contribution in [3.8, 4) is 0 Å². The van der Waals surface area contributed by atoms with Gasteiger partial charge in [-0.05, 0) is 31.6 Å². The van der Waals surface area contributed by atoms with Gasteiger partial charge in [0, 0.05) is 31.6 Å². The molecule has 2 aliphatic rings. The van der Waals surface area contributed by atoms with Gasteiger partial charge < -0.3 is 10.2 Å². The van der Waals surface area contributed by atoms with Crippen molar-refractivity contribution in [1.82, 2.24) is 10.2 Å². The van der Waals surface area contributed by atoms with Gasteiger partial charge in [-0.2, -0.15) is 0 Å². The molecule has 4 heteroatoms. The van der Waals surface area contributed by atoms with Crippen molar-refractivity contribution in [2.75, 3.05) is 13.1 Å². The molecule has 2 heterocycles. The van der Waals surface area contributed by atoms with Gasteiger partial charge in [0.15, 0.2) is 0 Å². The Kier molecular flexibility index (Phi) is 5.74. The van der Waals surface area contributed by atoms with Gasteiger partial charge in [-0.3, -0.25) is 4.79 Å². The zero-order chi connectivity index (χ0) is 11.5. The van der Waals surface area contributed by atoms with Crippen LogP contribution in [-0.4, -0.2) is 36.0 Å². The number of nitrogens with zero attached hydrogens (tertiary/aromatic N) is 1. The number of carbonyl (C=O) groups is 1. The van der Waals surface area contributed by atoms with E-state index in [1.807, 2.05) is 0 Å². The molecule has 1 amide bonds. The molecule has 0 aromatic carbocycles. The van der Waals surface area contributed by atoms with E-state index >= 15 is 0 Å². The highest BCUT2D eigenvalue weighted by Gasteiger charge is 2.30. The van der Waals surface area contributed by atoms with Crippen LogP contribution in [0.25, 0.3) is 0 Å².